The maximum Gasteiger partial charge on any atom is 0.324 e. The van der Waals surface area contributed by atoms with Crippen LogP contribution >= 0.6 is 115 Å². The summed E-state index contributed by atoms with van der Waals surface area (Å²) in [6.07, 6.45) is 0. The summed E-state index contributed by atoms with van der Waals surface area (Å²) < 4.78 is 0. The first kappa shape index (κ1) is 83.3. The molecule has 0 amide bonds. The predicted octanol–water partition coefficient (Wildman–Crippen LogP) is -1.91. The first-order valence-electron chi connectivity index (χ1n) is 1.80. The SMILES string of the molecule is OP(O)O.OP(O)O.OP(O)O.P.P.P.P.P.P.P.P.P. The lowest BCUT2D eigenvalue weighted by Crippen LogP contribution is -1.54. The quantitative estimate of drug-likeness (QED) is 0.155. The molecule has 21 heteroatoms. The van der Waals surface area contributed by atoms with Gasteiger partial charge in [0.05, 0.1) is 0 Å². The smallest absolute Gasteiger partial charge is 0.324 e. The number of hydrogen-bond donors (Lipinski definition) is 9. The van der Waals surface area contributed by atoms with Crippen molar-refractivity contribution in [1.29, 1.82) is 0 Å². The summed E-state index contributed by atoms with van der Waals surface area (Å²) in [6.45, 7) is 0. The minimum absolute atomic E-state index is 0. The average molecular weight is 552 g/mol. The highest BCUT2D eigenvalue weighted by Crippen LogP contribution is 2.12. The molecule has 0 radical (unpaired) electrons. The van der Waals surface area contributed by atoms with E-state index in [4.69, 9.17) is 44.0 Å². The van der Waals surface area contributed by atoms with Crippen LogP contribution in [0.5, 0.6) is 0 Å². The predicted molar refractivity (Wildman–Crippen MR) is 141 cm³/mol. The molecule has 0 aromatic heterocycles. The van der Waals surface area contributed by atoms with Crippen LogP contribution in [0.1, 0.15) is 0 Å². The molecule has 0 saturated carbocycles. The lowest BCUT2D eigenvalue weighted by molar-refractivity contribution is 0.366. The molecule has 9 N–H and O–H groups in total. The zero-order valence-corrected chi connectivity index (χ0v) is 27.1. The fourth-order valence-electron chi connectivity index (χ4n) is 0. The molecule has 9 nitrogen and oxygen atoms in total. The van der Waals surface area contributed by atoms with Gasteiger partial charge in [-0.15, -0.1) is 0 Å². The van der Waals surface area contributed by atoms with E-state index in [-0.39, 0.29) is 89.1 Å². The van der Waals surface area contributed by atoms with Crippen LogP contribution in [0, 0.1) is 0 Å². The van der Waals surface area contributed by atoms with Gasteiger partial charge in [-0.05, 0) is 0 Å². The first-order chi connectivity index (χ1) is 5.20. The Morgan fingerprint density at radius 1 is 0.238 bits per heavy atom. The Bertz CT molecular complexity index is 49.2. The van der Waals surface area contributed by atoms with Crippen molar-refractivity contribution in [2.75, 3.05) is 0 Å². The Morgan fingerprint density at radius 2 is 0.238 bits per heavy atom. The second-order valence-corrected chi connectivity index (χ2v) is 2.41. The Labute approximate surface area is 159 Å². The highest BCUT2D eigenvalue weighted by atomic mass is 31.2. The molecule has 9 atom stereocenters. The van der Waals surface area contributed by atoms with Crippen molar-refractivity contribution in [2.45, 2.75) is 0 Å². The lowest BCUT2D eigenvalue weighted by Gasteiger charge is -1.76. The molecular formula is H36O9P12. The zero-order chi connectivity index (χ0) is 10.7. The van der Waals surface area contributed by atoms with Gasteiger partial charge in [0.1, 0.15) is 0 Å². The minimum atomic E-state index is -2.62. The Kier molecular flexibility index (Phi) is 293. The highest BCUT2D eigenvalue weighted by molar-refractivity contribution is 7.38. The Balaban J connectivity index is -0.00000000476. The van der Waals surface area contributed by atoms with Gasteiger partial charge >= 0.3 is 25.8 Å². The van der Waals surface area contributed by atoms with Crippen molar-refractivity contribution >= 4 is 115 Å². The van der Waals surface area contributed by atoms with Crippen LogP contribution in [0.4, 0.5) is 0 Å². The third kappa shape index (κ3) is 560. The van der Waals surface area contributed by atoms with Gasteiger partial charge in [0.15, 0.2) is 0 Å². The molecule has 0 bridgehead atoms. The number of rotatable bonds is 0. The second-order valence-electron chi connectivity index (χ2n) is 0.805. The van der Waals surface area contributed by atoms with Gasteiger partial charge in [-0.2, -0.15) is 89.1 Å². The third-order valence-corrected chi connectivity index (χ3v) is 0. The topological polar surface area (TPSA) is 182 Å². The first-order valence-corrected chi connectivity index (χ1v) is 5.40. The second kappa shape index (κ2) is 73.8. The van der Waals surface area contributed by atoms with Crippen LogP contribution < -0.4 is 0 Å². The van der Waals surface area contributed by atoms with Gasteiger partial charge in [-0.1, -0.05) is 0 Å². The van der Waals surface area contributed by atoms with Crippen molar-refractivity contribution in [3.63, 3.8) is 0 Å². The van der Waals surface area contributed by atoms with E-state index in [1.54, 1.807) is 0 Å². The van der Waals surface area contributed by atoms with Gasteiger partial charge in [0, 0.05) is 0 Å². The average Bonchev–Trinajstić information content (AvgIpc) is 1.54. The van der Waals surface area contributed by atoms with Crippen LogP contribution in [0.3, 0.4) is 0 Å². The van der Waals surface area contributed by atoms with Crippen LogP contribution in [-0.4, -0.2) is 44.0 Å². The molecule has 21 heavy (non-hydrogen) atoms. The molecule has 0 fully saturated rings. The molecule has 150 valence electrons. The van der Waals surface area contributed by atoms with Gasteiger partial charge in [0.25, 0.3) is 0 Å². The van der Waals surface area contributed by atoms with Crippen LogP contribution in [0.15, 0.2) is 0 Å². The van der Waals surface area contributed by atoms with E-state index in [0.717, 1.165) is 0 Å². The molecule has 0 aliphatic carbocycles. The molecule has 0 aromatic carbocycles. The summed E-state index contributed by atoms with van der Waals surface area (Å²) in [7, 11) is -7.86. The monoisotopic (exact) mass is 552 g/mol. The normalized spacial score (nSPS) is 5.14. The van der Waals surface area contributed by atoms with Gasteiger partial charge in [-0.25, -0.2) is 0 Å². The van der Waals surface area contributed by atoms with E-state index in [9.17, 15) is 0 Å². The Morgan fingerprint density at radius 3 is 0.238 bits per heavy atom. The fourth-order valence-corrected chi connectivity index (χ4v) is 0. The van der Waals surface area contributed by atoms with E-state index in [0.29, 0.717) is 0 Å². The Hall–Kier alpha value is 4.80. The van der Waals surface area contributed by atoms with Crippen molar-refractivity contribution in [1.82, 2.24) is 0 Å². The van der Waals surface area contributed by atoms with Crippen molar-refractivity contribution < 1.29 is 44.0 Å². The maximum absolute atomic E-state index is 7.23. The molecule has 0 aliphatic heterocycles. The third-order valence-electron chi connectivity index (χ3n) is 0. The van der Waals surface area contributed by atoms with Crippen LogP contribution in [0.25, 0.3) is 0 Å². The fraction of sp³-hybridized carbons (Fsp3) is 0. The van der Waals surface area contributed by atoms with E-state index < -0.39 is 25.8 Å². The molecule has 0 saturated heterocycles. The summed E-state index contributed by atoms with van der Waals surface area (Å²) in [6, 6.07) is 0. The minimum Gasteiger partial charge on any atom is -0.328 e. The van der Waals surface area contributed by atoms with E-state index >= 15 is 0 Å². The van der Waals surface area contributed by atoms with Gasteiger partial charge < -0.3 is 44.0 Å². The summed E-state index contributed by atoms with van der Waals surface area (Å²) >= 11 is 0. The van der Waals surface area contributed by atoms with Crippen molar-refractivity contribution in [3.8, 4) is 0 Å². The molecule has 0 rings (SSSR count). The highest BCUT2D eigenvalue weighted by Gasteiger charge is 1.77. The zero-order valence-electron chi connectivity index (χ0n) is 11.7. The van der Waals surface area contributed by atoms with E-state index in [2.05, 4.69) is 0 Å². The number of hydrogen-bond acceptors (Lipinski definition) is 9. The summed E-state index contributed by atoms with van der Waals surface area (Å²) in [4.78, 5) is 65.1. The van der Waals surface area contributed by atoms with Crippen LogP contribution in [-0.2, 0) is 0 Å². The lowest BCUT2D eigenvalue weighted by atomic mass is 15.8. The molecule has 0 heterocycles. The summed E-state index contributed by atoms with van der Waals surface area (Å²) in [5, 5.41) is 0. The maximum atomic E-state index is 7.23. The molecule has 0 aliphatic rings. The summed E-state index contributed by atoms with van der Waals surface area (Å²) in [5.74, 6) is 0. The largest absolute Gasteiger partial charge is 0.328 e. The standard InChI is InChI=1S/3H3O3P.9H3P/c3*1-4(2)3;;;;;;;;;/h3*1-3H;9*1H3. The summed E-state index contributed by atoms with van der Waals surface area (Å²) in [5.41, 5.74) is 0. The van der Waals surface area contributed by atoms with Crippen molar-refractivity contribution in [3.05, 3.63) is 0 Å². The van der Waals surface area contributed by atoms with Crippen LogP contribution in [0.2, 0.25) is 0 Å². The molecular weight excluding hydrogens is 516 g/mol. The molecule has 9 unspecified atom stereocenters. The van der Waals surface area contributed by atoms with E-state index in [1.165, 1.54) is 0 Å². The molecule has 0 aromatic rings. The van der Waals surface area contributed by atoms with Gasteiger partial charge in [-0.3, -0.25) is 0 Å². The van der Waals surface area contributed by atoms with Gasteiger partial charge in [0.2, 0.25) is 0 Å². The van der Waals surface area contributed by atoms with Crippen molar-refractivity contribution in [2.24, 2.45) is 0 Å². The van der Waals surface area contributed by atoms with E-state index in [1.807, 2.05) is 0 Å². The molecule has 0 spiro atoms.